The minimum atomic E-state index is -0.376. The molecule has 0 fully saturated rings. The Kier molecular flexibility index (Phi) is 2.55. The molecule has 0 atom stereocenters. The summed E-state index contributed by atoms with van der Waals surface area (Å²) < 4.78 is 1.30. The molecule has 0 bridgehead atoms. The van der Waals surface area contributed by atoms with Crippen LogP contribution in [0.15, 0.2) is 59.0 Å². The zero-order chi connectivity index (χ0) is 14.4. The van der Waals surface area contributed by atoms with Crippen LogP contribution in [0.3, 0.4) is 0 Å². The summed E-state index contributed by atoms with van der Waals surface area (Å²) in [5.41, 5.74) is 2.11. The lowest BCUT2D eigenvalue weighted by Crippen LogP contribution is -2.17. The number of hydrogen-bond acceptors (Lipinski definition) is 4. The lowest BCUT2D eigenvalue weighted by Gasteiger charge is -2.10. The van der Waals surface area contributed by atoms with Crippen LogP contribution in [0.4, 0.5) is 0 Å². The number of pyridine rings is 2. The molecule has 1 N–H and O–H groups in total. The van der Waals surface area contributed by atoms with E-state index in [2.05, 4.69) is 4.98 Å². The second-order valence-electron chi connectivity index (χ2n) is 4.72. The SMILES string of the molecule is O=c1c2sccc2c2c(-c3ccncc3)cccc2n1O. The highest BCUT2D eigenvalue weighted by atomic mass is 32.1. The van der Waals surface area contributed by atoms with Crippen LogP contribution in [0.1, 0.15) is 0 Å². The van der Waals surface area contributed by atoms with Gasteiger partial charge in [0, 0.05) is 23.2 Å². The summed E-state index contributed by atoms with van der Waals surface area (Å²) in [6.45, 7) is 0. The van der Waals surface area contributed by atoms with Crippen molar-refractivity contribution in [2.45, 2.75) is 0 Å². The van der Waals surface area contributed by atoms with Crippen LogP contribution in [-0.2, 0) is 0 Å². The molecule has 4 nitrogen and oxygen atoms in total. The molecule has 102 valence electrons. The fraction of sp³-hybridized carbons (Fsp3) is 0. The van der Waals surface area contributed by atoms with E-state index in [1.54, 1.807) is 18.5 Å². The molecule has 0 amide bonds. The zero-order valence-corrected chi connectivity index (χ0v) is 11.7. The number of nitrogens with zero attached hydrogens (tertiary/aromatic N) is 2. The quantitative estimate of drug-likeness (QED) is 0.546. The van der Waals surface area contributed by atoms with E-state index in [1.165, 1.54) is 11.3 Å². The molecular formula is C16H10N2O2S. The Morgan fingerprint density at radius 2 is 1.90 bits per heavy atom. The first-order valence-electron chi connectivity index (χ1n) is 6.42. The summed E-state index contributed by atoms with van der Waals surface area (Å²) in [6.07, 6.45) is 3.46. The maximum atomic E-state index is 12.2. The van der Waals surface area contributed by atoms with E-state index in [4.69, 9.17) is 0 Å². The van der Waals surface area contributed by atoms with Gasteiger partial charge in [0.05, 0.1) is 5.52 Å². The van der Waals surface area contributed by atoms with Gasteiger partial charge in [-0.15, -0.1) is 16.1 Å². The van der Waals surface area contributed by atoms with Crippen LogP contribution in [0.25, 0.3) is 32.1 Å². The van der Waals surface area contributed by atoms with Crippen molar-refractivity contribution >= 4 is 32.3 Å². The van der Waals surface area contributed by atoms with E-state index in [0.717, 1.165) is 26.6 Å². The number of thiophene rings is 1. The van der Waals surface area contributed by atoms with Crippen molar-refractivity contribution in [2.75, 3.05) is 0 Å². The number of benzene rings is 1. The summed E-state index contributed by atoms with van der Waals surface area (Å²) in [6, 6.07) is 11.3. The maximum absolute atomic E-state index is 12.2. The van der Waals surface area contributed by atoms with Crippen LogP contribution >= 0.6 is 11.3 Å². The van der Waals surface area contributed by atoms with Gasteiger partial charge in [0.2, 0.25) is 0 Å². The summed E-state index contributed by atoms with van der Waals surface area (Å²) >= 11 is 1.34. The zero-order valence-electron chi connectivity index (χ0n) is 10.9. The summed E-state index contributed by atoms with van der Waals surface area (Å²) in [5.74, 6) is 0. The van der Waals surface area contributed by atoms with E-state index in [0.29, 0.717) is 10.2 Å². The van der Waals surface area contributed by atoms with Crippen molar-refractivity contribution in [3.63, 3.8) is 0 Å². The van der Waals surface area contributed by atoms with E-state index < -0.39 is 0 Å². The molecule has 0 aliphatic rings. The lowest BCUT2D eigenvalue weighted by molar-refractivity contribution is 0.190. The van der Waals surface area contributed by atoms with Crippen LogP contribution in [-0.4, -0.2) is 14.9 Å². The third-order valence-corrected chi connectivity index (χ3v) is 4.49. The van der Waals surface area contributed by atoms with Gasteiger partial charge in [-0.25, -0.2) is 0 Å². The number of hydrogen-bond donors (Lipinski definition) is 1. The molecule has 0 saturated heterocycles. The molecule has 3 aromatic heterocycles. The fourth-order valence-electron chi connectivity index (χ4n) is 2.65. The first-order chi connectivity index (χ1) is 10.3. The van der Waals surface area contributed by atoms with Crippen LogP contribution in [0.5, 0.6) is 0 Å². The first-order valence-corrected chi connectivity index (χ1v) is 7.30. The van der Waals surface area contributed by atoms with Gasteiger partial charge in [-0.1, -0.05) is 12.1 Å². The van der Waals surface area contributed by atoms with Crippen LogP contribution in [0.2, 0.25) is 0 Å². The minimum absolute atomic E-state index is 0.376. The third-order valence-electron chi connectivity index (χ3n) is 3.58. The Morgan fingerprint density at radius 3 is 2.71 bits per heavy atom. The molecule has 21 heavy (non-hydrogen) atoms. The number of rotatable bonds is 1. The standard InChI is InChI=1S/C16H10N2O2S/c19-16-15-12(6-9-21-15)14-11(10-4-7-17-8-5-10)2-1-3-13(14)18(16)20/h1-9,20H. The Labute approximate surface area is 123 Å². The third kappa shape index (κ3) is 1.68. The molecule has 0 aliphatic carbocycles. The Hall–Kier alpha value is -2.66. The average Bonchev–Trinajstić information content (AvgIpc) is 3.02. The summed E-state index contributed by atoms with van der Waals surface area (Å²) in [7, 11) is 0. The molecule has 4 rings (SSSR count). The molecular weight excluding hydrogens is 284 g/mol. The van der Waals surface area contributed by atoms with Crippen LogP contribution in [0, 0.1) is 0 Å². The highest BCUT2D eigenvalue weighted by molar-refractivity contribution is 7.17. The molecule has 0 unspecified atom stereocenters. The number of fused-ring (bicyclic) bond motifs is 3. The molecule has 4 aromatic rings. The van der Waals surface area contributed by atoms with Crippen molar-refractivity contribution in [1.82, 2.24) is 9.71 Å². The second-order valence-corrected chi connectivity index (χ2v) is 5.63. The highest BCUT2D eigenvalue weighted by Gasteiger charge is 2.14. The van der Waals surface area contributed by atoms with Crippen molar-refractivity contribution < 1.29 is 5.21 Å². The van der Waals surface area contributed by atoms with Gasteiger partial charge >= 0.3 is 5.56 Å². The predicted octanol–water partition coefficient (Wildman–Crippen LogP) is 3.52. The average molecular weight is 294 g/mol. The minimum Gasteiger partial charge on any atom is -0.425 e. The van der Waals surface area contributed by atoms with Gasteiger partial charge in [-0.05, 0) is 40.8 Å². The van der Waals surface area contributed by atoms with Crippen molar-refractivity contribution in [2.24, 2.45) is 0 Å². The lowest BCUT2D eigenvalue weighted by atomic mass is 9.99. The summed E-state index contributed by atoms with van der Waals surface area (Å²) in [5, 5.41) is 13.8. The number of aromatic nitrogens is 2. The molecule has 0 radical (unpaired) electrons. The van der Waals surface area contributed by atoms with Gasteiger partial charge in [0.25, 0.3) is 0 Å². The Balaban J connectivity index is 2.27. The normalized spacial score (nSPS) is 11.2. The van der Waals surface area contributed by atoms with Crippen molar-refractivity contribution in [3.05, 3.63) is 64.5 Å². The molecule has 0 aliphatic heterocycles. The van der Waals surface area contributed by atoms with E-state index >= 15 is 0 Å². The first kappa shape index (κ1) is 12.1. The van der Waals surface area contributed by atoms with Crippen molar-refractivity contribution in [3.8, 4) is 11.1 Å². The van der Waals surface area contributed by atoms with Gasteiger partial charge in [-0.2, -0.15) is 0 Å². The molecule has 3 heterocycles. The second kappa shape index (κ2) is 4.43. The molecule has 0 saturated carbocycles. The van der Waals surface area contributed by atoms with Gasteiger partial charge in [-0.3, -0.25) is 9.78 Å². The molecule has 0 spiro atoms. The Bertz CT molecular complexity index is 1020. The molecule has 1 aromatic carbocycles. The van der Waals surface area contributed by atoms with E-state index in [1.807, 2.05) is 35.7 Å². The van der Waals surface area contributed by atoms with E-state index in [-0.39, 0.29) is 5.56 Å². The van der Waals surface area contributed by atoms with Crippen molar-refractivity contribution in [1.29, 1.82) is 0 Å². The fourth-order valence-corrected chi connectivity index (χ4v) is 3.47. The highest BCUT2D eigenvalue weighted by Crippen LogP contribution is 2.34. The van der Waals surface area contributed by atoms with Crippen LogP contribution < -0.4 is 5.56 Å². The smallest absolute Gasteiger partial charge is 0.301 e. The molecule has 5 heteroatoms. The van der Waals surface area contributed by atoms with Gasteiger partial charge in [0.15, 0.2) is 0 Å². The van der Waals surface area contributed by atoms with Gasteiger partial charge < -0.3 is 5.21 Å². The topological polar surface area (TPSA) is 55.1 Å². The monoisotopic (exact) mass is 294 g/mol. The maximum Gasteiger partial charge on any atom is 0.301 e. The predicted molar refractivity (Wildman–Crippen MR) is 84.0 cm³/mol. The van der Waals surface area contributed by atoms with Gasteiger partial charge in [0.1, 0.15) is 4.70 Å². The van der Waals surface area contributed by atoms with E-state index in [9.17, 15) is 10.0 Å². The largest absolute Gasteiger partial charge is 0.425 e. The Morgan fingerprint density at radius 1 is 1.10 bits per heavy atom. The summed E-state index contributed by atoms with van der Waals surface area (Å²) in [4.78, 5) is 16.2.